The second-order valence-electron chi connectivity index (χ2n) is 5.55. The van der Waals surface area contributed by atoms with E-state index in [1.165, 1.54) is 11.2 Å². The minimum absolute atomic E-state index is 0.291. The molecule has 134 valence electrons. The van der Waals surface area contributed by atoms with E-state index >= 15 is 0 Å². The van der Waals surface area contributed by atoms with Gasteiger partial charge >= 0.3 is 5.97 Å². The fraction of sp³-hybridized carbons (Fsp3) is 0.211. The highest BCUT2D eigenvalue weighted by Gasteiger charge is 2.42. The molecule has 1 aromatic carbocycles. The molecule has 1 saturated heterocycles. The van der Waals surface area contributed by atoms with E-state index in [2.05, 4.69) is 0 Å². The Kier molecular flexibility index (Phi) is 5.90. The van der Waals surface area contributed by atoms with Gasteiger partial charge in [0.2, 0.25) is 0 Å². The molecule has 0 N–H and O–H groups in total. The number of esters is 1. The van der Waals surface area contributed by atoms with Crippen molar-refractivity contribution >= 4 is 46.3 Å². The van der Waals surface area contributed by atoms with Crippen LogP contribution in [-0.4, -0.2) is 27.7 Å². The summed E-state index contributed by atoms with van der Waals surface area (Å²) in [7, 11) is 0. The molecule has 0 saturated carbocycles. The first-order valence-corrected chi connectivity index (χ1v) is 9.36. The minimum Gasteiger partial charge on any atom is -0.465 e. The van der Waals surface area contributed by atoms with Crippen molar-refractivity contribution in [2.45, 2.75) is 19.4 Å². The Balaban J connectivity index is 1.94. The van der Waals surface area contributed by atoms with Crippen molar-refractivity contribution in [2.24, 2.45) is 0 Å². The van der Waals surface area contributed by atoms with Crippen LogP contribution < -0.4 is 0 Å². The highest BCUT2D eigenvalue weighted by molar-refractivity contribution is 8.26. The molecule has 2 aromatic rings. The number of ether oxygens (including phenoxy) is 1. The van der Waals surface area contributed by atoms with Crippen LogP contribution >= 0.6 is 24.0 Å². The van der Waals surface area contributed by atoms with Crippen LogP contribution in [0.4, 0.5) is 0 Å². The van der Waals surface area contributed by atoms with Gasteiger partial charge in [0.1, 0.15) is 10.1 Å². The normalized spacial score (nSPS) is 17.0. The summed E-state index contributed by atoms with van der Waals surface area (Å²) in [5.41, 5.74) is 0.657. The monoisotopic (exact) mass is 387 g/mol. The standard InChI is InChI=1S/C19H17NO4S2/c1-2-10-24-18(22)16(13-7-4-3-5-8-13)20-17(21)15(26-19(20)25)12-14-9-6-11-23-14/h3-9,11-12,16H,2,10H2,1H3/b15-12+. The molecule has 5 nitrogen and oxygen atoms in total. The third-order valence-electron chi connectivity index (χ3n) is 3.69. The van der Waals surface area contributed by atoms with Crippen LogP contribution in [0.1, 0.15) is 30.7 Å². The molecule has 1 fully saturated rings. The van der Waals surface area contributed by atoms with Crippen molar-refractivity contribution in [3.05, 3.63) is 65.0 Å². The van der Waals surface area contributed by atoms with Gasteiger partial charge in [-0.1, -0.05) is 61.2 Å². The van der Waals surface area contributed by atoms with E-state index in [1.807, 2.05) is 25.1 Å². The summed E-state index contributed by atoms with van der Waals surface area (Å²) >= 11 is 6.53. The van der Waals surface area contributed by atoms with E-state index in [0.717, 1.165) is 11.8 Å². The van der Waals surface area contributed by atoms with Gasteiger partial charge < -0.3 is 9.15 Å². The molecule has 0 aliphatic carbocycles. The van der Waals surface area contributed by atoms with Crippen LogP contribution in [-0.2, 0) is 14.3 Å². The van der Waals surface area contributed by atoms with Gasteiger partial charge in [0.25, 0.3) is 5.91 Å². The third kappa shape index (κ3) is 3.89. The number of rotatable bonds is 6. The predicted molar refractivity (Wildman–Crippen MR) is 104 cm³/mol. The first-order valence-electron chi connectivity index (χ1n) is 8.14. The first kappa shape index (κ1) is 18.4. The third-order valence-corrected chi connectivity index (χ3v) is 5.02. The molecular weight excluding hydrogens is 370 g/mol. The van der Waals surface area contributed by atoms with E-state index in [0.29, 0.717) is 33.6 Å². The lowest BCUT2D eigenvalue weighted by atomic mass is 10.1. The summed E-state index contributed by atoms with van der Waals surface area (Å²) in [6.07, 6.45) is 3.85. The molecule has 2 heterocycles. The van der Waals surface area contributed by atoms with E-state index in [4.69, 9.17) is 21.4 Å². The molecular formula is C19H17NO4S2. The van der Waals surface area contributed by atoms with Crippen LogP contribution in [0.15, 0.2) is 58.1 Å². The van der Waals surface area contributed by atoms with Crippen molar-refractivity contribution < 1.29 is 18.7 Å². The molecule has 3 rings (SSSR count). The van der Waals surface area contributed by atoms with Gasteiger partial charge in [-0.15, -0.1) is 0 Å². The second kappa shape index (κ2) is 8.33. The number of furan rings is 1. The molecule has 1 aliphatic rings. The van der Waals surface area contributed by atoms with Gasteiger partial charge in [-0.25, -0.2) is 4.79 Å². The summed E-state index contributed by atoms with van der Waals surface area (Å²) in [4.78, 5) is 27.3. The largest absolute Gasteiger partial charge is 0.465 e. The number of thiocarbonyl (C=S) groups is 1. The maximum atomic E-state index is 12.9. The smallest absolute Gasteiger partial charge is 0.333 e. The molecule has 1 unspecified atom stereocenters. The summed E-state index contributed by atoms with van der Waals surface area (Å²) in [5, 5.41) is 0. The lowest BCUT2D eigenvalue weighted by Gasteiger charge is -2.25. The zero-order valence-corrected chi connectivity index (χ0v) is 15.7. The summed E-state index contributed by atoms with van der Waals surface area (Å²) in [6, 6.07) is 11.6. The highest BCUT2D eigenvalue weighted by atomic mass is 32.2. The number of thioether (sulfide) groups is 1. The van der Waals surface area contributed by atoms with Gasteiger partial charge in [0, 0.05) is 6.08 Å². The molecule has 1 atom stereocenters. The van der Waals surface area contributed by atoms with E-state index < -0.39 is 12.0 Å². The Labute approximate surface area is 161 Å². The molecule has 7 heteroatoms. The van der Waals surface area contributed by atoms with Gasteiger partial charge in [0.15, 0.2) is 6.04 Å². The summed E-state index contributed by atoms with van der Waals surface area (Å²) in [5.74, 6) is -0.275. The fourth-order valence-corrected chi connectivity index (χ4v) is 3.81. The number of carbonyl (C=O) groups excluding carboxylic acids is 2. The zero-order chi connectivity index (χ0) is 18.5. The van der Waals surface area contributed by atoms with Gasteiger partial charge in [0.05, 0.1) is 17.8 Å². The zero-order valence-electron chi connectivity index (χ0n) is 14.1. The molecule has 0 bridgehead atoms. The van der Waals surface area contributed by atoms with Crippen LogP contribution in [0.3, 0.4) is 0 Å². The lowest BCUT2D eigenvalue weighted by molar-refractivity contribution is -0.151. The molecule has 0 spiro atoms. The van der Waals surface area contributed by atoms with Crippen LogP contribution in [0.2, 0.25) is 0 Å². The maximum Gasteiger partial charge on any atom is 0.333 e. The van der Waals surface area contributed by atoms with Crippen LogP contribution in [0.5, 0.6) is 0 Å². The van der Waals surface area contributed by atoms with Gasteiger partial charge in [-0.05, 0) is 24.1 Å². The van der Waals surface area contributed by atoms with Crippen molar-refractivity contribution in [2.75, 3.05) is 6.61 Å². The van der Waals surface area contributed by atoms with Crippen molar-refractivity contribution in [1.29, 1.82) is 0 Å². The first-order chi connectivity index (χ1) is 12.6. The maximum absolute atomic E-state index is 12.9. The Morgan fingerprint density at radius 3 is 2.73 bits per heavy atom. The fourth-order valence-electron chi connectivity index (χ4n) is 2.51. The van der Waals surface area contributed by atoms with Gasteiger partial charge in [-0.3, -0.25) is 9.69 Å². The number of benzene rings is 1. The minimum atomic E-state index is -0.905. The SMILES string of the molecule is CCCOC(=O)C(c1ccccc1)N1C(=O)/C(=C\c2ccco2)SC1=S. The lowest BCUT2D eigenvalue weighted by Crippen LogP contribution is -2.38. The van der Waals surface area contributed by atoms with E-state index in [-0.39, 0.29) is 5.91 Å². The Morgan fingerprint density at radius 2 is 2.08 bits per heavy atom. The number of hydrogen-bond donors (Lipinski definition) is 0. The van der Waals surface area contributed by atoms with Crippen molar-refractivity contribution in [3.8, 4) is 0 Å². The number of carbonyl (C=O) groups is 2. The van der Waals surface area contributed by atoms with Crippen molar-refractivity contribution in [3.63, 3.8) is 0 Å². The predicted octanol–water partition coefficient (Wildman–Crippen LogP) is 4.18. The Morgan fingerprint density at radius 1 is 1.31 bits per heavy atom. The molecule has 1 aliphatic heterocycles. The molecule has 26 heavy (non-hydrogen) atoms. The molecule has 1 amide bonds. The second-order valence-corrected chi connectivity index (χ2v) is 7.22. The summed E-state index contributed by atoms with van der Waals surface area (Å²) < 4.78 is 10.9. The highest BCUT2D eigenvalue weighted by Crippen LogP contribution is 2.38. The number of hydrogen-bond acceptors (Lipinski definition) is 6. The Hall–Kier alpha value is -2.38. The average Bonchev–Trinajstić information content (AvgIpc) is 3.25. The van der Waals surface area contributed by atoms with E-state index in [1.54, 1.807) is 30.3 Å². The summed E-state index contributed by atoms with van der Waals surface area (Å²) in [6.45, 7) is 2.20. The molecule has 0 radical (unpaired) electrons. The van der Waals surface area contributed by atoms with Crippen molar-refractivity contribution in [1.82, 2.24) is 4.90 Å². The topological polar surface area (TPSA) is 59.8 Å². The van der Waals surface area contributed by atoms with E-state index in [9.17, 15) is 9.59 Å². The quantitative estimate of drug-likeness (QED) is 0.421. The average molecular weight is 387 g/mol. The molecule has 1 aromatic heterocycles. The Bertz CT molecular complexity index is 830. The van der Waals surface area contributed by atoms with Crippen LogP contribution in [0, 0.1) is 0 Å². The number of amides is 1. The van der Waals surface area contributed by atoms with Crippen LogP contribution in [0.25, 0.3) is 6.08 Å². The van der Waals surface area contributed by atoms with Gasteiger partial charge in [-0.2, -0.15) is 0 Å². The number of nitrogens with zero attached hydrogens (tertiary/aromatic N) is 1.